The third-order valence-electron chi connectivity index (χ3n) is 5.13. The summed E-state index contributed by atoms with van der Waals surface area (Å²) in [5.41, 5.74) is 1.98. The van der Waals surface area contributed by atoms with Crippen LogP contribution in [-0.2, 0) is 15.7 Å². The molecule has 1 aliphatic heterocycles. The van der Waals surface area contributed by atoms with E-state index in [1.54, 1.807) is 0 Å². The van der Waals surface area contributed by atoms with E-state index in [-0.39, 0.29) is 0 Å². The van der Waals surface area contributed by atoms with Gasteiger partial charge in [-0.3, -0.25) is 0 Å². The van der Waals surface area contributed by atoms with E-state index in [0.29, 0.717) is 16.0 Å². The summed E-state index contributed by atoms with van der Waals surface area (Å²) in [6, 6.07) is 4.04. The molecule has 146 valence electrons. The highest BCUT2D eigenvalue weighted by molar-refractivity contribution is 6.68. The van der Waals surface area contributed by atoms with E-state index in [1.165, 1.54) is 63.4 Å². The molecular formula is C21H33BCl2O2. The van der Waals surface area contributed by atoms with Gasteiger partial charge in [0.15, 0.2) is 0 Å². The molecule has 26 heavy (non-hydrogen) atoms. The number of hydrogen-bond acceptors (Lipinski definition) is 2. The van der Waals surface area contributed by atoms with Crippen molar-refractivity contribution in [1.29, 1.82) is 0 Å². The summed E-state index contributed by atoms with van der Waals surface area (Å²) in [4.78, 5) is 0. The van der Waals surface area contributed by atoms with Crippen LogP contribution < -0.4 is 5.46 Å². The van der Waals surface area contributed by atoms with Crippen LogP contribution in [0.5, 0.6) is 0 Å². The van der Waals surface area contributed by atoms with Crippen LogP contribution in [0, 0.1) is 5.92 Å². The highest BCUT2D eigenvalue weighted by Crippen LogP contribution is 2.23. The Hall–Kier alpha value is -0.215. The van der Waals surface area contributed by atoms with E-state index in [0.717, 1.165) is 25.1 Å². The van der Waals surface area contributed by atoms with Gasteiger partial charge >= 0.3 is 7.12 Å². The van der Waals surface area contributed by atoms with Gasteiger partial charge in [0.1, 0.15) is 0 Å². The van der Waals surface area contributed by atoms with E-state index < -0.39 is 7.12 Å². The largest absolute Gasteiger partial charge is 0.496 e. The van der Waals surface area contributed by atoms with Crippen molar-refractivity contribution in [2.75, 3.05) is 13.2 Å². The smallest absolute Gasteiger partial charge is 0.407 e. The molecule has 5 heteroatoms. The lowest BCUT2D eigenvalue weighted by Gasteiger charge is -2.28. The lowest BCUT2D eigenvalue weighted by molar-refractivity contribution is 0.0810. The maximum Gasteiger partial charge on any atom is 0.496 e. The van der Waals surface area contributed by atoms with Gasteiger partial charge < -0.3 is 9.31 Å². The Morgan fingerprint density at radius 3 is 2.08 bits per heavy atom. The Labute approximate surface area is 170 Å². The first-order valence-electron chi connectivity index (χ1n) is 10.4. The van der Waals surface area contributed by atoms with Crippen LogP contribution in [0.3, 0.4) is 0 Å². The Kier molecular flexibility index (Phi) is 10.4. The zero-order valence-corrected chi connectivity index (χ0v) is 17.9. The van der Waals surface area contributed by atoms with Crippen molar-refractivity contribution in [2.24, 2.45) is 5.92 Å². The van der Waals surface area contributed by atoms with Gasteiger partial charge in [0.2, 0.25) is 0 Å². The first-order chi connectivity index (χ1) is 12.7. The summed E-state index contributed by atoms with van der Waals surface area (Å²) >= 11 is 13.0. The Morgan fingerprint density at radius 2 is 1.46 bits per heavy atom. The molecule has 1 heterocycles. The predicted octanol–water partition coefficient (Wildman–Crippen LogP) is 6.44. The second kappa shape index (κ2) is 12.3. The fourth-order valence-electron chi connectivity index (χ4n) is 3.50. The molecule has 1 fully saturated rings. The van der Waals surface area contributed by atoms with Gasteiger partial charge in [-0.15, -0.1) is 0 Å². The third-order valence-corrected chi connectivity index (χ3v) is 5.75. The van der Waals surface area contributed by atoms with Crippen LogP contribution in [0.15, 0.2) is 12.1 Å². The second-order valence-electron chi connectivity index (χ2n) is 7.50. The van der Waals surface area contributed by atoms with Gasteiger partial charge in [0.05, 0.1) is 0 Å². The average Bonchev–Trinajstić information content (AvgIpc) is 2.62. The van der Waals surface area contributed by atoms with Crippen LogP contribution >= 0.6 is 23.2 Å². The molecule has 0 bridgehead atoms. The van der Waals surface area contributed by atoms with E-state index in [9.17, 15) is 0 Å². The fourth-order valence-corrected chi connectivity index (χ4v) is 4.21. The van der Waals surface area contributed by atoms with E-state index in [1.807, 2.05) is 12.1 Å². The van der Waals surface area contributed by atoms with Crippen molar-refractivity contribution in [1.82, 2.24) is 0 Å². The molecule has 0 atom stereocenters. The van der Waals surface area contributed by atoms with Crippen LogP contribution in [0.25, 0.3) is 0 Å². The molecule has 1 saturated heterocycles. The molecule has 1 aromatic carbocycles. The van der Waals surface area contributed by atoms with Crippen molar-refractivity contribution in [3.63, 3.8) is 0 Å². The highest BCUT2D eigenvalue weighted by Gasteiger charge is 2.32. The van der Waals surface area contributed by atoms with Crippen LogP contribution in [-0.4, -0.2) is 20.3 Å². The van der Waals surface area contributed by atoms with Gasteiger partial charge in [-0.2, -0.15) is 0 Å². The Morgan fingerprint density at radius 1 is 0.885 bits per heavy atom. The van der Waals surface area contributed by atoms with Gasteiger partial charge in [-0.25, -0.2) is 0 Å². The molecular weight excluding hydrogens is 366 g/mol. The first-order valence-corrected chi connectivity index (χ1v) is 11.1. The maximum atomic E-state index is 6.50. The topological polar surface area (TPSA) is 18.5 Å². The molecule has 1 aliphatic rings. The third kappa shape index (κ3) is 7.07. The lowest BCUT2D eigenvalue weighted by atomic mass is 9.76. The molecule has 0 aromatic heterocycles. The number of benzene rings is 1. The SMILES string of the molecule is CCCCCCCC1COB(c2c(Cl)cc(CCCCC)cc2Cl)OC1. The zero-order valence-electron chi connectivity index (χ0n) is 16.4. The van der Waals surface area contributed by atoms with Crippen molar-refractivity contribution in [3.05, 3.63) is 27.7 Å². The average molecular weight is 399 g/mol. The summed E-state index contributed by atoms with van der Waals surface area (Å²) < 4.78 is 11.9. The van der Waals surface area contributed by atoms with Crippen LogP contribution in [0.1, 0.15) is 77.2 Å². The number of halogens is 2. The van der Waals surface area contributed by atoms with Crippen LogP contribution in [0.4, 0.5) is 0 Å². The molecule has 0 radical (unpaired) electrons. The van der Waals surface area contributed by atoms with Gasteiger partial charge in [-0.05, 0) is 37.0 Å². The standard InChI is InChI=1S/C21H33BCl2O2/c1-3-5-7-8-10-12-18-15-25-22(26-16-18)21-19(23)13-17(14-20(21)24)11-9-6-4-2/h13-14,18H,3-12,15-16H2,1-2H3. The molecule has 0 aliphatic carbocycles. The molecule has 0 spiro atoms. The normalized spacial score (nSPS) is 15.6. The number of unbranched alkanes of at least 4 members (excludes halogenated alkanes) is 6. The molecule has 2 nitrogen and oxygen atoms in total. The Bertz CT molecular complexity index is 508. The molecule has 0 saturated carbocycles. The minimum atomic E-state index is -0.434. The van der Waals surface area contributed by atoms with Crippen molar-refractivity contribution >= 4 is 35.8 Å². The number of hydrogen-bond donors (Lipinski definition) is 0. The summed E-state index contributed by atoms with van der Waals surface area (Å²) in [6.45, 7) is 5.91. The van der Waals surface area contributed by atoms with Crippen LogP contribution in [0.2, 0.25) is 10.0 Å². The van der Waals surface area contributed by atoms with Crippen molar-refractivity contribution < 1.29 is 9.31 Å². The maximum absolute atomic E-state index is 6.50. The van der Waals surface area contributed by atoms with E-state index in [4.69, 9.17) is 32.5 Å². The summed E-state index contributed by atoms with van der Waals surface area (Å²) in [7, 11) is -0.434. The summed E-state index contributed by atoms with van der Waals surface area (Å²) in [5, 5.41) is 1.32. The minimum Gasteiger partial charge on any atom is -0.407 e. The van der Waals surface area contributed by atoms with E-state index in [2.05, 4.69) is 13.8 Å². The Balaban J connectivity index is 1.82. The van der Waals surface area contributed by atoms with Crippen molar-refractivity contribution in [2.45, 2.75) is 78.1 Å². The van der Waals surface area contributed by atoms with Gasteiger partial charge in [0.25, 0.3) is 0 Å². The lowest BCUT2D eigenvalue weighted by Crippen LogP contribution is -2.45. The summed E-state index contributed by atoms with van der Waals surface area (Å²) in [6.07, 6.45) is 12.3. The molecule has 0 amide bonds. The van der Waals surface area contributed by atoms with E-state index >= 15 is 0 Å². The van der Waals surface area contributed by atoms with Crippen molar-refractivity contribution in [3.8, 4) is 0 Å². The monoisotopic (exact) mass is 398 g/mol. The molecule has 0 N–H and O–H groups in total. The first kappa shape index (κ1) is 22.1. The summed E-state index contributed by atoms with van der Waals surface area (Å²) in [5.74, 6) is 0.485. The minimum absolute atomic E-state index is 0.434. The van der Waals surface area contributed by atoms with Gasteiger partial charge in [0, 0.05) is 34.6 Å². The quantitative estimate of drug-likeness (QED) is 0.315. The predicted molar refractivity (Wildman–Crippen MR) is 114 cm³/mol. The fraction of sp³-hybridized carbons (Fsp3) is 0.714. The molecule has 2 rings (SSSR count). The molecule has 1 aromatic rings. The number of rotatable bonds is 11. The zero-order chi connectivity index (χ0) is 18.8. The molecule has 0 unspecified atom stereocenters. The second-order valence-corrected chi connectivity index (χ2v) is 8.31. The highest BCUT2D eigenvalue weighted by atomic mass is 35.5. The number of aryl methyl sites for hydroxylation is 1. The van der Waals surface area contributed by atoms with Gasteiger partial charge in [-0.1, -0.05) is 82.0 Å².